The predicted molar refractivity (Wildman–Crippen MR) is 145 cm³/mol. The molecule has 0 N–H and O–H groups in total. The van der Waals surface area contributed by atoms with Gasteiger partial charge in [0.1, 0.15) is 5.75 Å². The van der Waals surface area contributed by atoms with E-state index in [0.717, 1.165) is 42.5 Å². The van der Waals surface area contributed by atoms with Crippen LogP contribution < -0.4 is 9.54 Å². The number of thiazole rings is 1. The third-order valence-corrected chi connectivity index (χ3v) is 8.81. The molecule has 0 bridgehead atoms. The van der Waals surface area contributed by atoms with Gasteiger partial charge in [0.15, 0.2) is 0 Å². The fraction of sp³-hybridized carbons (Fsp3) is 0.241. The molecule has 5 rings (SSSR count). The van der Waals surface area contributed by atoms with Gasteiger partial charge in [-0.25, -0.2) is 4.79 Å². The van der Waals surface area contributed by atoms with E-state index in [9.17, 15) is 13.2 Å². The summed E-state index contributed by atoms with van der Waals surface area (Å²) in [6.07, 6.45) is 5.35. The summed E-state index contributed by atoms with van der Waals surface area (Å²) in [6.45, 7) is 1.92. The SMILES string of the molecule is Cc1ccc(S(=O)(=O)N=c2scc(-c3ccc(OC(=O)c4ccccc4)cc3)n2C2CCCCC2)cc1. The normalized spacial score (nSPS) is 15.0. The van der Waals surface area contributed by atoms with Crippen LogP contribution in [0.3, 0.4) is 0 Å². The minimum Gasteiger partial charge on any atom is -0.423 e. The zero-order valence-corrected chi connectivity index (χ0v) is 22.2. The summed E-state index contributed by atoms with van der Waals surface area (Å²) in [5.41, 5.74) is 3.30. The molecule has 8 heteroatoms. The number of aromatic nitrogens is 1. The molecular weight excluding hydrogens is 504 g/mol. The maximum absolute atomic E-state index is 13.1. The number of esters is 1. The first-order valence-corrected chi connectivity index (χ1v) is 14.7. The van der Waals surface area contributed by atoms with Crippen LogP contribution in [0.15, 0.2) is 93.5 Å². The zero-order chi connectivity index (χ0) is 25.8. The Labute approximate surface area is 221 Å². The van der Waals surface area contributed by atoms with E-state index in [1.54, 1.807) is 60.7 Å². The molecule has 1 heterocycles. The van der Waals surface area contributed by atoms with Crippen molar-refractivity contribution in [3.05, 3.63) is 100 Å². The van der Waals surface area contributed by atoms with Crippen molar-refractivity contribution in [1.29, 1.82) is 0 Å². The lowest BCUT2D eigenvalue weighted by molar-refractivity contribution is 0.0734. The van der Waals surface area contributed by atoms with E-state index in [-0.39, 0.29) is 10.9 Å². The van der Waals surface area contributed by atoms with Crippen LogP contribution >= 0.6 is 11.3 Å². The highest BCUT2D eigenvalue weighted by molar-refractivity contribution is 7.90. The fourth-order valence-corrected chi connectivity index (χ4v) is 6.76. The first-order chi connectivity index (χ1) is 17.9. The standard InChI is InChI=1S/C29H28N2O4S2/c1-21-12-18-26(19-13-21)37(33,34)30-29-31(24-10-6-3-7-11-24)27(20-36-29)22-14-16-25(17-15-22)35-28(32)23-8-4-2-5-9-23/h2,4-5,8-9,12-20,24H,3,6-7,10-11H2,1H3. The van der Waals surface area contributed by atoms with Crippen molar-refractivity contribution in [2.45, 2.75) is 50.0 Å². The van der Waals surface area contributed by atoms with Gasteiger partial charge in [-0.1, -0.05) is 55.2 Å². The molecule has 4 aromatic rings. The van der Waals surface area contributed by atoms with Crippen LogP contribution in [-0.4, -0.2) is 19.0 Å². The second kappa shape index (κ2) is 10.9. The van der Waals surface area contributed by atoms with Crippen LogP contribution in [0, 0.1) is 6.92 Å². The van der Waals surface area contributed by atoms with Gasteiger partial charge in [0.05, 0.1) is 16.2 Å². The van der Waals surface area contributed by atoms with Gasteiger partial charge in [0.2, 0.25) is 4.80 Å². The monoisotopic (exact) mass is 532 g/mol. The third kappa shape index (κ3) is 5.76. The summed E-state index contributed by atoms with van der Waals surface area (Å²) in [7, 11) is -3.85. The van der Waals surface area contributed by atoms with Crippen molar-refractivity contribution in [3.8, 4) is 17.0 Å². The average molecular weight is 533 g/mol. The largest absolute Gasteiger partial charge is 0.423 e. The molecule has 37 heavy (non-hydrogen) atoms. The quantitative estimate of drug-likeness (QED) is 0.209. The van der Waals surface area contributed by atoms with E-state index in [1.807, 2.05) is 30.5 Å². The van der Waals surface area contributed by atoms with Crippen LogP contribution in [0.1, 0.15) is 54.1 Å². The Hall–Kier alpha value is -3.49. The number of carbonyl (C=O) groups excluding carboxylic acids is 1. The lowest BCUT2D eigenvalue weighted by Gasteiger charge is -2.25. The van der Waals surface area contributed by atoms with Crippen LogP contribution in [0.4, 0.5) is 0 Å². The van der Waals surface area contributed by atoms with Gasteiger partial charge in [0.25, 0.3) is 10.0 Å². The van der Waals surface area contributed by atoms with Gasteiger partial charge in [-0.3, -0.25) is 0 Å². The molecule has 1 aliphatic carbocycles. The molecule has 1 saturated carbocycles. The Morgan fingerprint density at radius 3 is 2.27 bits per heavy atom. The number of nitrogens with zero attached hydrogens (tertiary/aromatic N) is 2. The van der Waals surface area contributed by atoms with Crippen molar-refractivity contribution in [1.82, 2.24) is 4.57 Å². The Kier molecular flexibility index (Phi) is 7.39. The van der Waals surface area contributed by atoms with E-state index in [4.69, 9.17) is 4.74 Å². The van der Waals surface area contributed by atoms with Crippen molar-refractivity contribution in [2.75, 3.05) is 0 Å². The smallest absolute Gasteiger partial charge is 0.343 e. The Balaban J connectivity index is 1.49. The van der Waals surface area contributed by atoms with Crippen LogP contribution in [0.5, 0.6) is 5.75 Å². The number of aryl methyl sites for hydroxylation is 1. The highest BCUT2D eigenvalue weighted by Crippen LogP contribution is 2.33. The van der Waals surface area contributed by atoms with Crippen LogP contribution in [-0.2, 0) is 10.0 Å². The summed E-state index contributed by atoms with van der Waals surface area (Å²) in [6, 6.07) is 23.1. The maximum Gasteiger partial charge on any atom is 0.343 e. The van der Waals surface area contributed by atoms with Crippen molar-refractivity contribution < 1.29 is 17.9 Å². The lowest BCUT2D eigenvalue weighted by Crippen LogP contribution is -2.25. The molecule has 0 atom stereocenters. The Morgan fingerprint density at radius 2 is 1.59 bits per heavy atom. The van der Waals surface area contributed by atoms with E-state index >= 15 is 0 Å². The summed E-state index contributed by atoms with van der Waals surface area (Å²) < 4.78 is 38.2. The van der Waals surface area contributed by atoms with E-state index in [2.05, 4.69) is 8.96 Å². The molecule has 0 radical (unpaired) electrons. The van der Waals surface area contributed by atoms with Gasteiger partial charge in [0, 0.05) is 11.4 Å². The third-order valence-electron chi connectivity index (χ3n) is 6.57. The topological polar surface area (TPSA) is 77.7 Å². The molecule has 6 nitrogen and oxygen atoms in total. The van der Waals surface area contributed by atoms with Crippen molar-refractivity contribution >= 4 is 27.3 Å². The number of rotatable bonds is 6. The molecule has 1 aliphatic rings. The summed E-state index contributed by atoms with van der Waals surface area (Å²) in [4.78, 5) is 13.1. The highest BCUT2D eigenvalue weighted by Gasteiger charge is 2.22. The number of sulfonamides is 1. The first-order valence-electron chi connectivity index (χ1n) is 12.4. The number of hydrogen-bond acceptors (Lipinski definition) is 5. The summed E-state index contributed by atoms with van der Waals surface area (Å²) in [5.74, 6) is 0.0347. The van der Waals surface area contributed by atoms with E-state index < -0.39 is 16.0 Å². The summed E-state index contributed by atoms with van der Waals surface area (Å²) >= 11 is 1.33. The number of hydrogen-bond donors (Lipinski definition) is 0. The van der Waals surface area contributed by atoms with Crippen LogP contribution in [0.2, 0.25) is 0 Å². The van der Waals surface area contributed by atoms with E-state index in [1.165, 1.54) is 17.8 Å². The molecular formula is C29H28N2O4S2. The van der Waals surface area contributed by atoms with Gasteiger partial charge < -0.3 is 9.30 Å². The lowest BCUT2D eigenvalue weighted by atomic mass is 9.95. The molecule has 3 aromatic carbocycles. The molecule has 0 spiro atoms. The molecule has 190 valence electrons. The molecule has 1 aromatic heterocycles. The Morgan fingerprint density at radius 1 is 0.919 bits per heavy atom. The van der Waals surface area contributed by atoms with Gasteiger partial charge in [-0.15, -0.1) is 15.7 Å². The number of benzene rings is 3. The number of carbonyl (C=O) groups is 1. The van der Waals surface area contributed by atoms with Crippen molar-refractivity contribution in [2.24, 2.45) is 4.40 Å². The van der Waals surface area contributed by atoms with E-state index in [0.29, 0.717) is 16.1 Å². The van der Waals surface area contributed by atoms with Crippen LogP contribution in [0.25, 0.3) is 11.3 Å². The molecule has 0 aliphatic heterocycles. The van der Waals surface area contributed by atoms with Gasteiger partial charge in [-0.2, -0.15) is 8.42 Å². The molecule has 0 unspecified atom stereocenters. The molecule has 0 amide bonds. The fourth-order valence-electron chi connectivity index (χ4n) is 4.59. The minimum atomic E-state index is -3.85. The maximum atomic E-state index is 13.1. The van der Waals surface area contributed by atoms with Crippen molar-refractivity contribution in [3.63, 3.8) is 0 Å². The summed E-state index contributed by atoms with van der Waals surface area (Å²) in [5, 5.41) is 1.96. The highest BCUT2D eigenvalue weighted by atomic mass is 32.2. The second-order valence-corrected chi connectivity index (χ2v) is 11.7. The minimum absolute atomic E-state index is 0.178. The van der Waals surface area contributed by atoms with Gasteiger partial charge in [-0.05, 0) is 73.9 Å². The Bertz CT molecular complexity index is 1550. The zero-order valence-electron chi connectivity index (χ0n) is 20.5. The second-order valence-electron chi connectivity index (χ2n) is 9.22. The molecule has 1 fully saturated rings. The first kappa shape index (κ1) is 25.2. The number of ether oxygens (including phenoxy) is 1. The predicted octanol–water partition coefficient (Wildman–Crippen LogP) is 6.54. The molecule has 0 saturated heterocycles. The van der Waals surface area contributed by atoms with Gasteiger partial charge >= 0.3 is 5.97 Å². The average Bonchev–Trinajstić information content (AvgIpc) is 3.33.